The van der Waals surface area contributed by atoms with Gasteiger partial charge in [0.2, 0.25) is 0 Å². The fourth-order valence-corrected chi connectivity index (χ4v) is 1.75. The van der Waals surface area contributed by atoms with Gasteiger partial charge in [-0.3, -0.25) is 0 Å². The molecule has 1 aromatic carbocycles. The van der Waals surface area contributed by atoms with Gasteiger partial charge < -0.3 is 5.32 Å². The van der Waals surface area contributed by atoms with Crippen molar-refractivity contribution in [2.45, 2.75) is 39.8 Å². The highest BCUT2D eigenvalue weighted by molar-refractivity contribution is 6.31. The first-order valence-corrected chi connectivity index (χ1v) is 6.53. The van der Waals surface area contributed by atoms with E-state index in [0.717, 1.165) is 17.1 Å². The molecule has 102 valence electrons. The summed E-state index contributed by atoms with van der Waals surface area (Å²) in [6, 6.07) is 5.78. The zero-order valence-electron chi connectivity index (χ0n) is 11.6. The van der Waals surface area contributed by atoms with Crippen molar-refractivity contribution in [3.8, 4) is 5.69 Å². The summed E-state index contributed by atoms with van der Waals surface area (Å²) in [5.74, 6) is 0.759. The zero-order valence-corrected chi connectivity index (χ0v) is 12.4. The van der Waals surface area contributed by atoms with E-state index in [1.165, 1.54) is 0 Å². The number of hydrogen-bond acceptors (Lipinski definition) is 4. The van der Waals surface area contributed by atoms with E-state index in [2.05, 4.69) is 41.6 Å². The van der Waals surface area contributed by atoms with Gasteiger partial charge in [0, 0.05) is 10.6 Å². The number of benzene rings is 1. The monoisotopic (exact) mass is 279 g/mol. The number of nitrogens with zero attached hydrogens (tertiary/aromatic N) is 4. The standard InChI is InChI=1S/C13H18ClN5/c1-9-5-6-10(7-11(9)14)19-12(16-17-18-19)8-15-13(2,3)4/h5-7,15H,8H2,1-4H3. The maximum atomic E-state index is 6.14. The summed E-state index contributed by atoms with van der Waals surface area (Å²) in [7, 11) is 0. The lowest BCUT2D eigenvalue weighted by molar-refractivity contribution is 0.415. The topological polar surface area (TPSA) is 55.6 Å². The minimum Gasteiger partial charge on any atom is -0.305 e. The quantitative estimate of drug-likeness (QED) is 0.938. The molecule has 0 unspecified atom stereocenters. The number of hydrogen-bond donors (Lipinski definition) is 1. The summed E-state index contributed by atoms with van der Waals surface area (Å²) in [5, 5.41) is 15.9. The van der Waals surface area contributed by atoms with Crippen LogP contribution in [0.3, 0.4) is 0 Å². The van der Waals surface area contributed by atoms with Crippen molar-refractivity contribution in [1.29, 1.82) is 0 Å². The normalized spacial score (nSPS) is 11.8. The molecule has 0 aliphatic carbocycles. The van der Waals surface area contributed by atoms with Gasteiger partial charge in [-0.05, 0) is 55.8 Å². The third-order valence-corrected chi connectivity index (χ3v) is 3.12. The van der Waals surface area contributed by atoms with Gasteiger partial charge >= 0.3 is 0 Å². The van der Waals surface area contributed by atoms with E-state index in [9.17, 15) is 0 Å². The molecule has 0 aliphatic heterocycles. The van der Waals surface area contributed by atoms with E-state index in [0.29, 0.717) is 11.6 Å². The zero-order chi connectivity index (χ0) is 14.0. The minimum absolute atomic E-state index is 0.0156. The molecule has 6 heteroatoms. The molecule has 0 radical (unpaired) electrons. The van der Waals surface area contributed by atoms with Gasteiger partial charge in [0.1, 0.15) is 0 Å². The highest BCUT2D eigenvalue weighted by atomic mass is 35.5. The van der Waals surface area contributed by atoms with Crippen LogP contribution in [0.5, 0.6) is 0 Å². The molecule has 0 saturated carbocycles. The molecule has 0 spiro atoms. The Morgan fingerprint density at radius 1 is 1.32 bits per heavy atom. The number of halogens is 1. The first-order chi connectivity index (χ1) is 8.87. The van der Waals surface area contributed by atoms with Crippen molar-refractivity contribution in [2.75, 3.05) is 0 Å². The Labute approximate surface area is 118 Å². The number of tetrazole rings is 1. The molecule has 0 bridgehead atoms. The summed E-state index contributed by atoms with van der Waals surface area (Å²) in [6.45, 7) is 8.87. The van der Waals surface area contributed by atoms with Crippen LogP contribution in [0.2, 0.25) is 5.02 Å². The summed E-state index contributed by atoms with van der Waals surface area (Å²) < 4.78 is 1.70. The summed E-state index contributed by atoms with van der Waals surface area (Å²) in [6.07, 6.45) is 0. The lowest BCUT2D eigenvalue weighted by atomic mass is 10.1. The van der Waals surface area contributed by atoms with Crippen molar-refractivity contribution in [2.24, 2.45) is 0 Å². The molecular weight excluding hydrogens is 262 g/mol. The second-order valence-corrected chi connectivity index (χ2v) is 5.95. The van der Waals surface area contributed by atoms with Crippen LogP contribution in [-0.2, 0) is 6.54 Å². The number of aryl methyl sites for hydroxylation is 1. The van der Waals surface area contributed by atoms with E-state index in [4.69, 9.17) is 11.6 Å². The number of aromatic nitrogens is 4. The molecular formula is C13H18ClN5. The van der Waals surface area contributed by atoms with Crippen LogP contribution in [0.15, 0.2) is 18.2 Å². The molecule has 0 atom stereocenters. The van der Waals surface area contributed by atoms with E-state index >= 15 is 0 Å². The van der Waals surface area contributed by atoms with E-state index < -0.39 is 0 Å². The van der Waals surface area contributed by atoms with Crippen LogP contribution >= 0.6 is 11.6 Å². The van der Waals surface area contributed by atoms with Crippen molar-refractivity contribution < 1.29 is 0 Å². The smallest absolute Gasteiger partial charge is 0.170 e. The second kappa shape index (κ2) is 5.27. The third kappa shape index (κ3) is 3.52. The van der Waals surface area contributed by atoms with E-state index in [1.807, 2.05) is 25.1 Å². The molecule has 1 aromatic heterocycles. The molecule has 1 heterocycles. The first kappa shape index (κ1) is 14.0. The Hall–Kier alpha value is -1.46. The molecule has 2 aromatic rings. The summed E-state index contributed by atoms with van der Waals surface area (Å²) in [5.41, 5.74) is 1.92. The van der Waals surface area contributed by atoms with Crippen LogP contribution in [0.4, 0.5) is 0 Å². The molecule has 2 rings (SSSR count). The number of rotatable bonds is 3. The van der Waals surface area contributed by atoms with Crippen molar-refractivity contribution in [3.05, 3.63) is 34.6 Å². The van der Waals surface area contributed by atoms with Crippen LogP contribution in [-0.4, -0.2) is 25.7 Å². The molecule has 0 amide bonds. The van der Waals surface area contributed by atoms with Gasteiger partial charge in [0.05, 0.1) is 12.2 Å². The van der Waals surface area contributed by atoms with E-state index in [1.54, 1.807) is 4.68 Å². The molecule has 0 fully saturated rings. The van der Waals surface area contributed by atoms with Crippen molar-refractivity contribution in [1.82, 2.24) is 25.5 Å². The highest BCUT2D eigenvalue weighted by Gasteiger charge is 2.13. The van der Waals surface area contributed by atoms with Crippen LogP contribution in [0, 0.1) is 6.92 Å². The van der Waals surface area contributed by atoms with Crippen LogP contribution < -0.4 is 5.32 Å². The third-order valence-electron chi connectivity index (χ3n) is 2.71. The SMILES string of the molecule is Cc1ccc(-n2nnnc2CNC(C)(C)C)cc1Cl. The fraction of sp³-hybridized carbons (Fsp3) is 0.462. The first-order valence-electron chi connectivity index (χ1n) is 6.15. The van der Waals surface area contributed by atoms with Crippen molar-refractivity contribution in [3.63, 3.8) is 0 Å². The predicted molar refractivity (Wildman–Crippen MR) is 75.5 cm³/mol. The fourth-order valence-electron chi connectivity index (χ4n) is 1.57. The summed E-state index contributed by atoms with van der Waals surface area (Å²) >= 11 is 6.14. The average Bonchev–Trinajstić information content (AvgIpc) is 2.77. The van der Waals surface area contributed by atoms with Gasteiger partial charge in [-0.1, -0.05) is 17.7 Å². The van der Waals surface area contributed by atoms with Gasteiger partial charge in [0.15, 0.2) is 5.82 Å². The molecule has 0 saturated heterocycles. The maximum Gasteiger partial charge on any atom is 0.170 e. The highest BCUT2D eigenvalue weighted by Crippen LogP contribution is 2.19. The van der Waals surface area contributed by atoms with Crippen LogP contribution in [0.1, 0.15) is 32.2 Å². The Morgan fingerprint density at radius 2 is 2.05 bits per heavy atom. The minimum atomic E-state index is 0.0156. The summed E-state index contributed by atoms with van der Waals surface area (Å²) in [4.78, 5) is 0. The van der Waals surface area contributed by atoms with Gasteiger partial charge in [-0.2, -0.15) is 4.68 Å². The molecule has 19 heavy (non-hydrogen) atoms. The Balaban J connectivity index is 2.26. The van der Waals surface area contributed by atoms with E-state index in [-0.39, 0.29) is 5.54 Å². The molecule has 0 aliphatic rings. The van der Waals surface area contributed by atoms with Gasteiger partial charge in [-0.15, -0.1) is 5.10 Å². The predicted octanol–water partition coefficient (Wildman–Crippen LogP) is 2.51. The molecule has 1 N–H and O–H groups in total. The second-order valence-electron chi connectivity index (χ2n) is 5.54. The lowest BCUT2D eigenvalue weighted by Gasteiger charge is -2.19. The Morgan fingerprint density at radius 3 is 2.68 bits per heavy atom. The molecule has 5 nitrogen and oxygen atoms in total. The van der Waals surface area contributed by atoms with Crippen LogP contribution in [0.25, 0.3) is 5.69 Å². The van der Waals surface area contributed by atoms with Gasteiger partial charge in [-0.25, -0.2) is 0 Å². The maximum absolute atomic E-state index is 6.14. The van der Waals surface area contributed by atoms with Gasteiger partial charge in [0.25, 0.3) is 0 Å². The largest absolute Gasteiger partial charge is 0.305 e. The van der Waals surface area contributed by atoms with Crippen molar-refractivity contribution >= 4 is 11.6 Å². The average molecular weight is 280 g/mol. The number of nitrogens with one attached hydrogen (secondary N) is 1. The lowest BCUT2D eigenvalue weighted by Crippen LogP contribution is -2.35. The Bertz CT molecular complexity index is 571. The Kier molecular flexibility index (Phi) is 3.87.